The highest BCUT2D eigenvalue weighted by Gasteiger charge is 2.37. The number of piperidine rings is 2. The van der Waals surface area contributed by atoms with E-state index in [1.807, 2.05) is 4.90 Å². The number of aliphatic hydroxyl groups is 1. The van der Waals surface area contributed by atoms with Crippen LogP contribution in [0.2, 0.25) is 0 Å². The van der Waals surface area contributed by atoms with Gasteiger partial charge in [0.25, 0.3) is 0 Å². The number of fused-ring (bicyclic) bond motifs is 1. The minimum Gasteiger partial charge on any atom is -0.481 e. The molecule has 2 amide bonds. The smallest absolute Gasteiger partial charge is 0.320 e. The molecule has 1 aromatic rings. The molecule has 0 spiro atoms. The Bertz CT molecular complexity index is 781. The number of amides is 2. The molecule has 1 aromatic heterocycles. The van der Waals surface area contributed by atoms with Gasteiger partial charge in [0.2, 0.25) is 0 Å². The van der Waals surface area contributed by atoms with Crippen molar-refractivity contribution in [3.05, 3.63) is 29.1 Å². The van der Waals surface area contributed by atoms with Crippen LogP contribution < -0.4 is 0 Å². The number of hydrogen-bond donors (Lipinski definition) is 2. The van der Waals surface area contributed by atoms with Gasteiger partial charge in [0, 0.05) is 37.6 Å². The Morgan fingerprint density at radius 1 is 1.03 bits per heavy atom. The first-order valence-electron chi connectivity index (χ1n) is 11.4. The monoisotopic (exact) mass is 415 g/mol. The van der Waals surface area contributed by atoms with Gasteiger partial charge < -0.3 is 20.0 Å². The van der Waals surface area contributed by atoms with E-state index in [9.17, 15) is 14.7 Å². The Hall–Kier alpha value is -2.15. The van der Waals surface area contributed by atoms with Crippen LogP contribution in [0.1, 0.15) is 61.9 Å². The molecule has 0 bridgehead atoms. The Labute approximate surface area is 178 Å². The van der Waals surface area contributed by atoms with Crippen LogP contribution in [-0.4, -0.2) is 68.8 Å². The molecular weight excluding hydrogens is 382 g/mol. The van der Waals surface area contributed by atoms with Crippen molar-refractivity contribution in [3.63, 3.8) is 0 Å². The van der Waals surface area contributed by atoms with Crippen molar-refractivity contribution >= 4 is 12.0 Å². The van der Waals surface area contributed by atoms with E-state index in [0.717, 1.165) is 45.2 Å². The number of aliphatic carboxylic acids is 1. The van der Waals surface area contributed by atoms with E-state index in [2.05, 4.69) is 12.1 Å². The Morgan fingerprint density at radius 3 is 2.40 bits per heavy atom. The quantitative estimate of drug-likeness (QED) is 0.788. The molecule has 2 aliphatic heterocycles. The first-order chi connectivity index (χ1) is 14.4. The van der Waals surface area contributed by atoms with Crippen molar-refractivity contribution in [3.8, 4) is 0 Å². The molecule has 0 unspecified atom stereocenters. The Kier molecular flexibility index (Phi) is 6.27. The number of carboxylic acids is 1. The van der Waals surface area contributed by atoms with E-state index in [-0.39, 0.29) is 12.5 Å². The zero-order valence-corrected chi connectivity index (χ0v) is 17.7. The number of hydrogen-bond acceptors (Lipinski definition) is 4. The summed E-state index contributed by atoms with van der Waals surface area (Å²) in [6, 6.07) is 4.48. The number of pyridine rings is 1. The van der Waals surface area contributed by atoms with Gasteiger partial charge in [-0.2, -0.15) is 0 Å². The molecule has 2 fully saturated rings. The lowest BCUT2D eigenvalue weighted by Gasteiger charge is -2.41. The minimum absolute atomic E-state index is 0.0257. The van der Waals surface area contributed by atoms with Gasteiger partial charge >= 0.3 is 12.0 Å². The molecule has 0 radical (unpaired) electrons. The summed E-state index contributed by atoms with van der Waals surface area (Å²) in [6.45, 7) is 2.35. The Morgan fingerprint density at radius 2 is 1.70 bits per heavy atom. The van der Waals surface area contributed by atoms with Gasteiger partial charge in [-0.15, -0.1) is 0 Å². The maximum absolute atomic E-state index is 12.9. The topological polar surface area (TPSA) is 94.0 Å². The summed E-state index contributed by atoms with van der Waals surface area (Å²) in [5, 5.41) is 19.3. The molecule has 4 rings (SSSR count). The standard InChI is InChI=1S/C23H33N3O4/c27-21(28)16-23(30)9-13-26(14-10-23)22(29)25-11-7-17(8-12-25)15-19-6-5-18-3-1-2-4-20(18)24-19/h5-6,17,30H,1-4,7-16H2,(H,27,28). The van der Waals surface area contributed by atoms with E-state index in [1.165, 1.54) is 29.8 Å². The van der Waals surface area contributed by atoms with Gasteiger partial charge in [-0.1, -0.05) is 6.07 Å². The molecule has 0 aromatic carbocycles. The summed E-state index contributed by atoms with van der Waals surface area (Å²) in [5.74, 6) is -0.432. The van der Waals surface area contributed by atoms with Crippen molar-refractivity contribution in [2.75, 3.05) is 26.2 Å². The minimum atomic E-state index is -1.18. The molecule has 2 saturated heterocycles. The third-order valence-electron chi connectivity index (χ3n) is 7.06. The van der Waals surface area contributed by atoms with Gasteiger partial charge in [0.15, 0.2) is 0 Å². The number of carbonyl (C=O) groups is 2. The van der Waals surface area contributed by atoms with Gasteiger partial charge in [-0.05, 0) is 75.3 Å². The van der Waals surface area contributed by atoms with Crippen LogP contribution in [0.15, 0.2) is 12.1 Å². The predicted molar refractivity (Wildman–Crippen MR) is 112 cm³/mol. The number of likely N-dealkylation sites (tertiary alicyclic amines) is 2. The maximum atomic E-state index is 12.9. The van der Waals surface area contributed by atoms with Gasteiger partial charge in [0.05, 0.1) is 12.0 Å². The number of carboxylic acid groups (broad SMARTS) is 1. The van der Waals surface area contributed by atoms with Crippen molar-refractivity contribution in [2.24, 2.45) is 5.92 Å². The fourth-order valence-corrected chi connectivity index (χ4v) is 5.14. The van der Waals surface area contributed by atoms with E-state index in [4.69, 9.17) is 10.1 Å². The van der Waals surface area contributed by atoms with Crippen LogP contribution in [0.25, 0.3) is 0 Å². The number of urea groups is 1. The summed E-state index contributed by atoms with van der Waals surface area (Å²) in [6.07, 6.45) is 8.14. The van der Waals surface area contributed by atoms with Crippen LogP contribution in [0, 0.1) is 5.92 Å². The number of aromatic nitrogens is 1. The summed E-state index contributed by atoms with van der Waals surface area (Å²) in [7, 11) is 0. The average molecular weight is 416 g/mol. The highest BCUT2D eigenvalue weighted by atomic mass is 16.4. The van der Waals surface area contributed by atoms with Crippen molar-refractivity contribution in [2.45, 2.75) is 69.8 Å². The van der Waals surface area contributed by atoms with E-state index in [0.29, 0.717) is 31.8 Å². The molecule has 7 heteroatoms. The van der Waals surface area contributed by atoms with Crippen LogP contribution in [-0.2, 0) is 24.1 Å². The normalized spacial score (nSPS) is 21.9. The fraction of sp³-hybridized carbons (Fsp3) is 0.696. The third-order valence-corrected chi connectivity index (χ3v) is 7.06. The van der Waals surface area contributed by atoms with Gasteiger partial charge in [-0.3, -0.25) is 9.78 Å². The molecule has 7 nitrogen and oxygen atoms in total. The lowest BCUT2D eigenvalue weighted by Crippen LogP contribution is -2.53. The fourth-order valence-electron chi connectivity index (χ4n) is 5.14. The van der Waals surface area contributed by atoms with E-state index < -0.39 is 11.6 Å². The summed E-state index contributed by atoms with van der Waals surface area (Å²) < 4.78 is 0. The molecule has 0 saturated carbocycles. The number of carbonyl (C=O) groups excluding carboxylic acids is 1. The molecule has 3 heterocycles. The van der Waals surface area contributed by atoms with Gasteiger partial charge in [0.1, 0.15) is 0 Å². The van der Waals surface area contributed by atoms with Crippen molar-refractivity contribution in [1.29, 1.82) is 0 Å². The largest absolute Gasteiger partial charge is 0.481 e. The second kappa shape index (κ2) is 8.92. The molecular formula is C23H33N3O4. The molecule has 0 atom stereocenters. The van der Waals surface area contributed by atoms with Gasteiger partial charge in [-0.25, -0.2) is 4.79 Å². The van der Waals surface area contributed by atoms with Crippen LogP contribution in [0.3, 0.4) is 0 Å². The number of rotatable bonds is 4. The van der Waals surface area contributed by atoms with Crippen LogP contribution in [0.5, 0.6) is 0 Å². The first kappa shape index (κ1) is 21.1. The van der Waals surface area contributed by atoms with Crippen molar-refractivity contribution in [1.82, 2.24) is 14.8 Å². The van der Waals surface area contributed by atoms with E-state index >= 15 is 0 Å². The predicted octanol–water partition coefficient (Wildman–Crippen LogP) is 2.64. The molecule has 3 aliphatic rings. The zero-order valence-electron chi connectivity index (χ0n) is 17.7. The van der Waals surface area contributed by atoms with Crippen LogP contribution >= 0.6 is 0 Å². The van der Waals surface area contributed by atoms with Crippen LogP contribution in [0.4, 0.5) is 4.79 Å². The Balaban J connectivity index is 1.24. The highest BCUT2D eigenvalue weighted by molar-refractivity contribution is 5.75. The SMILES string of the molecule is O=C(O)CC1(O)CCN(C(=O)N2CCC(Cc3ccc4c(n3)CCCC4)CC2)CC1. The highest BCUT2D eigenvalue weighted by Crippen LogP contribution is 2.28. The average Bonchev–Trinajstić information content (AvgIpc) is 2.73. The van der Waals surface area contributed by atoms with Crippen molar-refractivity contribution < 1.29 is 19.8 Å². The van der Waals surface area contributed by atoms with E-state index in [1.54, 1.807) is 4.90 Å². The second-order valence-corrected chi connectivity index (χ2v) is 9.31. The maximum Gasteiger partial charge on any atom is 0.320 e. The molecule has 30 heavy (non-hydrogen) atoms. The zero-order chi connectivity index (χ0) is 21.1. The lowest BCUT2D eigenvalue weighted by molar-refractivity contribution is -0.144. The second-order valence-electron chi connectivity index (χ2n) is 9.31. The summed E-state index contributed by atoms with van der Waals surface area (Å²) in [5.41, 5.74) is 2.72. The number of nitrogens with zero attached hydrogens (tertiary/aromatic N) is 3. The molecule has 1 aliphatic carbocycles. The molecule has 164 valence electrons. The summed E-state index contributed by atoms with van der Waals surface area (Å²) >= 11 is 0. The lowest BCUT2D eigenvalue weighted by atomic mass is 9.88. The molecule has 2 N–H and O–H groups in total. The third kappa shape index (κ3) is 4.94. The number of aryl methyl sites for hydroxylation is 2. The summed E-state index contributed by atoms with van der Waals surface area (Å²) in [4.78, 5) is 32.4. The first-order valence-corrected chi connectivity index (χ1v) is 11.4.